The quantitative estimate of drug-likeness (QED) is 0.539. The second-order valence-corrected chi connectivity index (χ2v) is 10.4. The second kappa shape index (κ2) is 9.84. The highest BCUT2D eigenvalue weighted by atomic mass is 32.2. The first-order valence-corrected chi connectivity index (χ1v) is 12.8. The molecule has 1 fully saturated rings. The predicted molar refractivity (Wildman–Crippen MR) is 128 cm³/mol. The van der Waals surface area contributed by atoms with Crippen LogP contribution in [0.1, 0.15) is 49.3 Å². The zero-order chi connectivity index (χ0) is 22.6. The van der Waals surface area contributed by atoms with E-state index in [0.29, 0.717) is 12.5 Å². The van der Waals surface area contributed by atoms with E-state index in [-0.39, 0.29) is 4.90 Å². The molecule has 6 heteroatoms. The molecule has 1 saturated carbocycles. The molecule has 1 unspecified atom stereocenters. The first kappa shape index (κ1) is 22.5. The van der Waals surface area contributed by atoms with Gasteiger partial charge in [0.25, 0.3) is 15.9 Å². The monoisotopic (exact) mass is 450 g/mol. The Kier molecular flexibility index (Phi) is 6.92. The number of carbonyl (C=O) groups is 1. The Morgan fingerprint density at radius 1 is 0.938 bits per heavy atom. The molecule has 5 nitrogen and oxygen atoms in total. The number of benzene rings is 3. The standard InChI is InChI=1S/C26H30N2O3S/c1-19-11-15-24(16-12-19)32(30,31)28-26(29)25(27-18-20-7-3-2-4-8-20)23-14-13-21-9-5-6-10-22(21)17-23/h5-6,9-17,20,25,27H,2-4,7-8,18H2,1H3,(H,28,29). The third-order valence-corrected chi connectivity index (χ3v) is 7.63. The number of nitrogens with one attached hydrogen (secondary N) is 2. The molecule has 1 aliphatic carbocycles. The fourth-order valence-electron chi connectivity index (χ4n) is 4.39. The van der Waals surface area contributed by atoms with Crippen LogP contribution in [0.3, 0.4) is 0 Å². The first-order chi connectivity index (χ1) is 15.4. The molecule has 4 rings (SSSR count). The molecular formula is C26H30N2O3S. The first-order valence-electron chi connectivity index (χ1n) is 11.3. The second-order valence-electron chi connectivity index (χ2n) is 8.73. The maximum Gasteiger partial charge on any atom is 0.264 e. The summed E-state index contributed by atoms with van der Waals surface area (Å²) >= 11 is 0. The Balaban J connectivity index is 1.59. The fourth-order valence-corrected chi connectivity index (χ4v) is 5.39. The molecule has 1 amide bonds. The summed E-state index contributed by atoms with van der Waals surface area (Å²) in [7, 11) is -3.95. The number of hydrogen-bond donors (Lipinski definition) is 2. The van der Waals surface area contributed by atoms with Crippen LogP contribution >= 0.6 is 0 Å². The number of sulfonamides is 1. The lowest BCUT2D eigenvalue weighted by atomic mass is 9.89. The van der Waals surface area contributed by atoms with Crippen LogP contribution in [0.4, 0.5) is 0 Å². The Morgan fingerprint density at radius 3 is 2.34 bits per heavy atom. The van der Waals surface area contributed by atoms with Gasteiger partial charge in [0.15, 0.2) is 0 Å². The lowest BCUT2D eigenvalue weighted by Crippen LogP contribution is -2.42. The van der Waals surface area contributed by atoms with Crippen LogP contribution in [0.25, 0.3) is 10.8 Å². The van der Waals surface area contributed by atoms with Crippen LogP contribution in [-0.4, -0.2) is 20.9 Å². The molecular weight excluding hydrogens is 420 g/mol. The van der Waals surface area contributed by atoms with Gasteiger partial charge in [-0.15, -0.1) is 0 Å². The van der Waals surface area contributed by atoms with Gasteiger partial charge < -0.3 is 5.32 Å². The predicted octanol–water partition coefficient (Wildman–Crippen LogP) is 4.86. The van der Waals surface area contributed by atoms with Crippen LogP contribution in [0, 0.1) is 12.8 Å². The van der Waals surface area contributed by atoms with Crippen molar-refractivity contribution < 1.29 is 13.2 Å². The number of carbonyl (C=O) groups excluding carboxylic acids is 1. The van der Waals surface area contributed by atoms with E-state index < -0.39 is 22.0 Å². The minimum atomic E-state index is -3.95. The molecule has 0 heterocycles. The highest BCUT2D eigenvalue weighted by molar-refractivity contribution is 7.90. The van der Waals surface area contributed by atoms with E-state index in [1.54, 1.807) is 12.1 Å². The molecule has 3 aromatic carbocycles. The number of amides is 1. The van der Waals surface area contributed by atoms with Gasteiger partial charge in [-0.25, -0.2) is 13.1 Å². The number of fused-ring (bicyclic) bond motifs is 1. The molecule has 0 saturated heterocycles. The van der Waals surface area contributed by atoms with Crippen molar-refractivity contribution in [3.63, 3.8) is 0 Å². The van der Waals surface area contributed by atoms with Crippen molar-refractivity contribution in [3.8, 4) is 0 Å². The average Bonchev–Trinajstić information content (AvgIpc) is 2.80. The summed E-state index contributed by atoms with van der Waals surface area (Å²) in [6.45, 7) is 2.58. The van der Waals surface area contributed by atoms with Crippen molar-refractivity contribution in [1.29, 1.82) is 0 Å². The molecule has 1 aliphatic rings. The summed E-state index contributed by atoms with van der Waals surface area (Å²) in [6.07, 6.45) is 5.96. The summed E-state index contributed by atoms with van der Waals surface area (Å²) in [4.78, 5) is 13.3. The van der Waals surface area contributed by atoms with Crippen molar-refractivity contribution in [2.45, 2.75) is 50.0 Å². The summed E-state index contributed by atoms with van der Waals surface area (Å²) < 4.78 is 28.0. The van der Waals surface area contributed by atoms with Gasteiger partial charge in [-0.1, -0.05) is 73.4 Å². The molecule has 2 N–H and O–H groups in total. The van der Waals surface area contributed by atoms with Crippen molar-refractivity contribution in [3.05, 3.63) is 77.9 Å². The van der Waals surface area contributed by atoms with Crippen molar-refractivity contribution in [2.24, 2.45) is 5.92 Å². The maximum atomic E-state index is 13.3. The van der Waals surface area contributed by atoms with Crippen LogP contribution in [0.5, 0.6) is 0 Å². The lowest BCUT2D eigenvalue weighted by Gasteiger charge is -2.25. The highest BCUT2D eigenvalue weighted by Crippen LogP contribution is 2.25. The van der Waals surface area contributed by atoms with E-state index in [2.05, 4.69) is 10.0 Å². The molecule has 0 bridgehead atoms. The zero-order valence-corrected chi connectivity index (χ0v) is 19.2. The smallest absolute Gasteiger partial charge is 0.264 e. The van der Waals surface area contributed by atoms with Gasteiger partial charge in [0.05, 0.1) is 4.90 Å². The average molecular weight is 451 g/mol. The van der Waals surface area contributed by atoms with E-state index in [1.165, 1.54) is 31.4 Å². The Hall–Kier alpha value is -2.70. The summed E-state index contributed by atoms with van der Waals surface area (Å²) in [5.74, 6) is -0.0510. The molecule has 0 aromatic heterocycles. The Morgan fingerprint density at radius 2 is 1.62 bits per heavy atom. The van der Waals surface area contributed by atoms with Gasteiger partial charge in [0, 0.05) is 0 Å². The normalized spacial score (nSPS) is 16.0. The van der Waals surface area contributed by atoms with Gasteiger partial charge in [-0.3, -0.25) is 4.79 Å². The molecule has 0 aliphatic heterocycles. The van der Waals surface area contributed by atoms with Crippen molar-refractivity contribution >= 4 is 26.7 Å². The van der Waals surface area contributed by atoms with Crippen LogP contribution in [0.2, 0.25) is 0 Å². The topological polar surface area (TPSA) is 75.3 Å². The van der Waals surface area contributed by atoms with Crippen LogP contribution < -0.4 is 10.0 Å². The van der Waals surface area contributed by atoms with Gasteiger partial charge in [-0.05, 0) is 66.8 Å². The van der Waals surface area contributed by atoms with Gasteiger partial charge in [0.1, 0.15) is 6.04 Å². The molecule has 168 valence electrons. The molecule has 1 atom stereocenters. The van der Waals surface area contributed by atoms with Gasteiger partial charge in [0.2, 0.25) is 0 Å². The van der Waals surface area contributed by atoms with E-state index in [0.717, 1.165) is 34.7 Å². The van der Waals surface area contributed by atoms with Crippen LogP contribution in [-0.2, 0) is 14.8 Å². The Labute approximate surface area is 190 Å². The summed E-state index contributed by atoms with van der Waals surface area (Å²) in [5, 5.41) is 5.47. The lowest BCUT2D eigenvalue weighted by molar-refractivity contribution is -0.121. The Bertz CT molecular complexity index is 1180. The summed E-state index contributed by atoms with van der Waals surface area (Å²) in [5.41, 5.74) is 1.72. The number of hydrogen-bond acceptors (Lipinski definition) is 4. The zero-order valence-electron chi connectivity index (χ0n) is 18.4. The van der Waals surface area contributed by atoms with E-state index in [4.69, 9.17) is 0 Å². The fraction of sp³-hybridized carbons (Fsp3) is 0.346. The number of aryl methyl sites for hydroxylation is 1. The number of rotatable bonds is 7. The van der Waals surface area contributed by atoms with Crippen molar-refractivity contribution in [1.82, 2.24) is 10.0 Å². The van der Waals surface area contributed by atoms with Crippen LogP contribution in [0.15, 0.2) is 71.6 Å². The van der Waals surface area contributed by atoms with Gasteiger partial charge in [-0.2, -0.15) is 0 Å². The minimum Gasteiger partial charge on any atom is -0.302 e. The molecule has 3 aromatic rings. The highest BCUT2D eigenvalue weighted by Gasteiger charge is 2.27. The third-order valence-electron chi connectivity index (χ3n) is 6.27. The van der Waals surface area contributed by atoms with E-state index in [1.807, 2.05) is 49.4 Å². The molecule has 32 heavy (non-hydrogen) atoms. The third kappa shape index (κ3) is 5.37. The SMILES string of the molecule is Cc1ccc(S(=O)(=O)NC(=O)C(NCC2CCCCC2)c2ccc3ccccc3c2)cc1. The van der Waals surface area contributed by atoms with Crippen molar-refractivity contribution in [2.75, 3.05) is 6.54 Å². The maximum absolute atomic E-state index is 13.3. The largest absolute Gasteiger partial charge is 0.302 e. The molecule has 0 radical (unpaired) electrons. The van der Waals surface area contributed by atoms with Gasteiger partial charge >= 0.3 is 0 Å². The van der Waals surface area contributed by atoms with E-state index >= 15 is 0 Å². The van der Waals surface area contributed by atoms with E-state index in [9.17, 15) is 13.2 Å². The summed E-state index contributed by atoms with van der Waals surface area (Å²) in [6, 6.07) is 19.5. The minimum absolute atomic E-state index is 0.0843. The molecule has 0 spiro atoms.